The number of carboxylic acids is 1. The molecule has 1 saturated carbocycles. The highest BCUT2D eigenvalue weighted by molar-refractivity contribution is 5.95. The van der Waals surface area contributed by atoms with Crippen LogP contribution in [0.1, 0.15) is 19.8 Å². The van der Waals surface area contributed by atoms with Crippen LogP contribution in [0, 0.1) is 29.4 Å². The summed E-state index contributed by atoms with van der Waals surface area (Å²) in [6.07, 6.45) is 0.880. The van der Waals surface area contributed by atoms with Gasteiger partial charge in [-0.1, -0.05) is 6.92 Å². The largest absolute Gasteiger partial charge is 0.481 e. The second kappa shape index (κ2) is 5.56. The predicted octanol–water partition coefficient (Wildman–Crippen LogP) is 2.65. The molecular weight excluding hydrogens is 268 g/mol. The summed E-state index contributed by atoms with van der Waals surface area (Å²) in [5, 5.41) is 11.4. The van der Waals surface area contributed by atoms with Gasteiger partial charge < -0.3 is 10.4 Å². The topological polar surface area (TPSA) is 66.4 Å². The van der Waals surface area contributed by atoms with Crippen LogP contribution in [0.2, 0.25) is 0 Å². The predicted molar refractivity (Wildman–Crippen MR) is 68.0 cm³/mol. The average molecular weight is 283 g/mol. The first-order valence-electron chi connectivity index (χ1n) is 6.37. The number of halogens is 2. The highest BCUT2D eigenvalue weighted by Gasteiger charge is 2.41. The van der Waals surface area contributed by atoms with Gasteiger partial charge in [-0.05, 0) is 30.9 Å². The third-order valence-electron chi connectivity index (χ3n) is 3.64. The van der Waals surface area contributed by atoms with Gasteiger partial charge in [0, 0.05) is 6.07 Å². The quantitative estimate of drug-likeness (QED) is 0.896. The fourth-order valence-electron chi connectivity index (χ4n) is 2.67. The van der Waals surface area contributed by atoms with Crippen molar-refractivity contribution in [3.05, 3.63) is 29.8 Å². The van der Waals surface area contributed by atoms with E-state index in [1.165, 1.54) is 0 Å². The normalized spacial score (nSPS) is 25.4. The molecule has 0 aromatic heterocycles. The van der Waals surface area contributed by atoms with Crippen molar-refractivity contribution in [2.24, 2.45) is 17.8 Å². The molecular formula is C14H15F2NO3. The van der Waals surface area contributed by atoms with Gasteiger partial charge >= 0.3 is 5.97 Å². The van der Waals surface area contributed by atoms with E-state index < -0.39 is 35.3 Å². The molecule has 0 heterocycles. The van der Waals surface area contributed by atoms with Gasteiger partial charge in [0.1, 0.15) is 11.6 Å². The number of benzene rings is 1. The number of aliphatic carboxylic acids is 1. The summed E-state index contributed by atoms with van der Waals surface area (Å²) in [6.45, 7) is 1.88. The summed E-state index contributed by atoms with van der Waals surface area (Å²) >= 11 is 0. The van der Waals surface area contributed by atoms with Crippen LogP contribution in [-0.4, -0.2) is 17.0 Å². The Labute approximate surface area is 114 Å². The molecule has 6 heteroatoms. The van der Waals surface area contributed by atoms with E-state index in [1.807, 2.05) is 6.92 Å². The summed E-state index contributed by atoms with van der Waals surface area (Å²) in [5.74, 6) is -4.48. The maximum Gasteiger partial charge on any atom is 0.307 e. The maximum absolute atomic E-state index is 13.5. The van der Waals surface area contributed by atoms with Crippen LogP contribution in [0.15, 0.2) is 18.2 Å². The Morgan fingerprint density at radius 3 is 2.50 bits per heavy atom. The summed E-state index contributed by atoms with van der Waals surface area (Å²) in [6, 6.07) is 2.82. The Hall–Kier alpha value is -1.98. The molecule has 0 radical (unpaired) electrons. The number of carbonyl (C=O) groups is 2. The summed E-state index contributed by atoms with van der Waals surface area (Å²) < 4.78 is 26.2. The number of nitrogens with one attached hydrogen (secondary N) is 1. The second-order valence-electron chi connectivity index (χ2n) is 5.24. The molecule has 1 fully saturated rings. The van der Waals surface area contributed by atoms with E-state index in [2.05, 4.69) is 5.32 Å². The Bertz CT molecular complexity index is 547. The monoisotopic (exact) mass is 283 g/mol. The van der Waals surface area contributed by atoms with Crippen LogP contribution in [-0.2, 0) is 9.59 Å². The van der Waals surface area contributed by atoms with Crippen LogP contribution < -0.4 is 5.32 Å². The van der Waals surface area contributed by atoms with Crippen molar-refractivity contribution in [3.8, 4) is 0 Å². The van der Waals surface area contributed by atoms with Crippen molar-refractivity contribution in [3.63, 3.8) is 0 Å². The molecule has 1 unspecified atom stereocenters. The van der Waals surface area contributed by atoms with Gasteiger partial charge in [-0.15, -0.1) is 0 Å². The zero-order valence-electron chi connectivity index (χ0n) is 10.9. The van der Waals surface area contributed by atoms with Crippen molar-refractivity contribution in [1.82, 2.24) is 0 Å². The Morgan fingerprint density at radius 1 is 1.25 bits per heavy atom. The molecule has 0 saturated heterocycles. The highest BCUT2D eigenvalue weighted by atomic mass is 19.1. The third kappa shape index (κ3) is 2.95. The number of carbonyl (C=O) groups excluding carboxylic acids is 1. The number of carboxylic acid groups (broad SMARTS) is 1. The summed E-state index contributed by atoms with van der Waals surface area (Å²) in [4.78, 5) is 23.2. The average Bonchev–Trinajstić information content (AvgIpc) is 2.75. The van der Waals surface area contributed by atoms with Crippen LogP contribution in [0.25, 0.3) is 0 Å². The molecule has 1 amide bonds. The van der Waals surface area contributed by atoms with Gasteiger partial charge in [0.15, 0.2) is 0 Å². The molecule has 0 spiro atoms. The minimum Gasteiger partial charge on any atom is -0.481 e. The molecule has 1 aliphatic rings. The van der Waals surface area contributed by atoms with Crippen LogP contribution in [0.4, 0.5) is 14.5 Å². The van der Waals surface area contributed by atoms with Gasteiger partial charge in [-0.2, -0.15) is 0 Å². The van der Waals surface area contributed by atoms with Crippen LogP contribution in [0.5, 0.6) is 0 Å². The van der Waals surface area contributed by atoms with E-state index in [-0.39, 0.29) is 11.6 Å². The Balaban J connectivity index is 2.13. The van der Waals surface area contributed by atoms with Crippen molar-refractivity contribution < 1.29 is 23.5 Å². The van der Waals surface area contributed by atoms with Gasteiger partial charge in [-0.25, -0.2) is 8.78 Å². The number of hydrogen-bond donors (Lipinski definition) is 2. The fraction of sp³-hybridized carbons (Fsp3) is 0.429. The van der Waals surface area contributed by atoms with E-state index in [0.717, 1.165) is 12.1 Å². The van der Waals surface area contributed by atoms with E-state index in [4.69, 9.17) is 5.11 Å². The highest BCUT2D eigenvalue weighted by Crippen LogP contribution is 2.37. The first kappa shape index (κ1) is 14.4. The lowest BCUT2D eigenvalue weighted by atomic mass is 9.95. The number of rotatable bonds is 3. The number of amides is 1. The Morgan fingerprint density at radius 2 is 1.90 bits per heavy atom. The smallest absolute Gasteiger partial charge is 0.307 e. The van der Waals surface area contributed by atoms with E-state index in [9.17, 15) is 18.4 Å². The lowest BCUT2D eigenvalue weighted by Gasteiger charge is -2.15. The van der Waals surface area contributed by atoms with Gasteiger partial charge in [0.25, 0.3) is 0 Å². The second-order valence-corrected chi connectivity index (χ2v) is 5.24. The molecule has 2 rings (SSSR count). The molecule has 4 nitrogen and oxygen atoms in total. The molecule has 1 aliphatic carbocycles. The van der Waals surface area contributed by atoms with Crippen LogP contribution in [0.3, 0.4) is 0 Å². The SMILES string of the molecule is CC1C[C@H](C(=O)Nc2ccc(F)cc2F)[C@H](C(=O)O)C1. The lowest BCUT2D eigenvalue weighted by Crippen LogP contribution is -2.30. The van der Waals surface area contributed by atoms with E-state index >= 15 is 0 Å². The van der Waals surface area contributed by atoms with Crippen LogP contribution >= 0.6 is 0 Å². The third-order valence-corrected chi connectivity index (χ3v) is 3.64. The molecule has 2 N–H and O–H groups in total. The zero-order valence-corrected chi connectivity index (χ0v) is 10.9. The van der Waals surface area contributed by atoms with E-state index in [1.54, 1.807) is 0 Å². The zero-order chi connectivity index (χ0) is 14.9. The van der Waals surface area contributed by atoms with E-state index in [0.29, 0.717) is 18.9 Å². The standard InChI is InChI=1S/C14H15F2NO3/c1-7-4-9(10(5-7)14(19)20)13(18)17-12-3-2-8(15)6-11(12)16/h2-3,6-7,9-10H,4-5H2,1H3,(H,17,18)(H,19,20)/t7?,9-,10+/m0/s1. The molecule has 20 heavy (non-hydrogen) atoms. The first-order valence-corrected chi connectivity index (χ1v) is 6.37. The van der Waals surface area contributed by atoms with Crippen molar-refractivity contribution in [1.29, 1.82) is 0 Å². The summed E-state index contributed by atoms with van der Waals surface area (Å²) in [7, 11) is 0. The number of hydrogen-bond acceptors (Lipinski definition) is 2. The van der Waals surface area contributed by atoms with Gasteiger partial charge in [-0.3, -0.25) is 9.59 Å². The molecule has 1 aromatic rings. The summed E-state index contributed by atoms with van der Waals surface area (Å²) in [5.41, 5.74) is -0.139. The molecule has 108 valence electrons. The minimum absolute atomic E-state index is 0.130. The first-order chi connectivity index (χ1) is 9.38. The van der Waals surface area contributed by atoms with Crippen molar-refractivity contribution in [2.75, 3.05) is 5.32 Å². The fourth-order valence-corrected chi connectivity index (χ4v) is 2.67. The molecule has 0 aliphatic heterocycles. The number of anilines is 1. The van der Waals surface area contributed by atoms with Gasteiger partial charge in [0.05, 0.1) is 17.5 Å². The minimum atomic E-state index is -1.02. The Kier molecular flexibility index (Phi) is 4.01. The molecule has 3 atom stereocenters. The maximum atomic E-state index is 13.5. The van der Waals surface area contributed by atoms with Crippen molar-refractivity contribution >= 4 is 17.6 Å². The molecule has 1 aromatic carbocycles. The van der Waals surface area contributed by atoms with Crippen molar-refractivity contribution in [2.45, 2.75) is 19.8 Å². The van der Waals surface area contributed by atoms with Gasteiger partial charge in [0.2, 0.25) is 5.91 Å². The molecule has 0 bridgehead atoms. The lowest BCUT2D eigenvalue weighted by molar-refractivity contribution is -0.145.